The highest BCUT2D eigenvalue weighted by Gasteiger charge is 2.49. The lowest BCUT2D eigenvalue weighted by atomic mass is 9.58. The molecule has 3 aliphatic rings. The van der Waals surface area contributed by atoms with Gasteiger partial charge in [-0.15, -0.1) is 0 Å². The van der Waals surface area contributed by atoms with Gasteiger partial charge in [0.05, 0.1) is 7.11 Å². The number of fused-ring (bicyclic) bond motifs is 2. The molecule has 0 saturated heterocycles. The van der Waals surface area contributed by atoms with Gasteiger partial charge in [-0.2, -0.15) is 0 Å². The van der Waals surface area contributed by atoms with Crippen molar-refractivity contribution in [3.8, 4) is 0 Å². The SMILES string of the molecule is COC(=O)C1=C[C@@]2(C)CC[C@@H]1[C@@H](C)C2=O. The van der Waals surface area contributed by atoms with Crippen molar-refractivity contribution in [3.05, 3.63) is 11.6 Å². The Morgan fingerprint density at radius 2 is 2.27 bits per heavy atom. The van der Waals surface area contributed by atoms with Gasteiger partial charge < -0.3 is 4.74 Å². The van der Waals surface area contributed by atoms with Crippen LogP contribution in [-0.2, 0) is 14.3 Å². The summed E-state index contributed by atoms with van der Waals surface area (Å²) in [6, 6.07) is 0. The third-order valence-corrected chi connectivity index (χ3v) is 3.85. The minimum Gasteiger partial charge on any atom is -0.466 e. The van der Waals surface area contributed by atoms with E-state index in [4.69, 9.17) is 4.74 Å². The molecule has 3 heteroatoms. The summed E-state index contributed by atoms with van der Waals surface area (Å²) < 4.78 is 4.75. The molecular weight excluding hydrogens is 192 g/mol. The monoisotopic (exact) mass is 208 g/mol. The van der Waals surface area contributed by atoms with Gasteiger partial charge in [0.2, 0.25) is 0 Å². The van der Waals surface area contributed by atoms with Gasteiger partial charge in [0.15, 0.2) is 0 Å². The number of ketones is 1. The number of esters is 1. The van der Waals surface area contributed by atoms with E-state index in [-0.39, 0.29) is 23.6 Å². The maximum absolute atomic E-state index is 12.0. The minimum absolute atomic E-state index is 0.0390. The summed E-state index contributed by atoms with van der Waals surface area (Å²) in [5.74, 6) is 0.0336. The predicted molar refractivity (Wildman–Crippen MR) is 55.1 cm³/mol. The quantitative estimate of drug-likeness (QED) is 0.616. The molecule has 0 amide bonds. The van der Waals surface area contributed by atoms with Gasteiger partial charge in [-0.3, -0.25) is 4.79 Å². The van der Waals surface area contributed by atoms with Crippen molar-refractivity contribution < 1.29 is 14.3 Å². The topological polar surface area (TPSA) is 43.4 Å². The number of rotatable bonds is 1. The molecule has 0 aromatic rings. The fourth-order valence-corrected chi connectivity index (χ4v) is 2.88. The van der Waals surface area contributed by atoms with Gasteiger partial charge in [-0.05, 0) is 19.8 Å². The smallest absolute Gasteiger partial charge is 0.333 e. The van der Waals surface area contributed by atoms with Crippen LogP contribution >= 0.6 is 0 Å². The van der Waals surface area contributed by atoms with Crippen LogP contribution in [0.2, 0.25) is 0 Å². The van der Waals surface area contributed by atoms with Crippen molar-refractivity contribution in [3.63, 3.8) is 0 Å². The first-order chi connectivity index (χ1) is 6.99. The zero-order chi connectivity index (χ0) is 11.2. The van der Waals surface area contributed by atoms with E-state index in [0.29, 0.717) is 5.57 Å². The van der Waals surface area contributed by atoms with Gasteiger partial charge in [-0.25, -0.2) is 4.79 Å². The van der Waals surface area contributed by atoms with Crippen LogP contribution in [-0.4, -0.2) is 18.9 Å². The molecule has 15 heavy (non-hydrogen) atoms. The maximum atomic E-state index is 12.0. The first-order valence-electron chi connectivity index (χ1n) is 5.35. The zero-order valence-electron chi connectivity index (χ0n) is 9.37. The number of carbonyl (C=O) groups is 2. The third kappa shape index (κ3) is 1.33. The zero-order valence-corrected chi connectivity index (χ0v) is 9.37. The lowest BCUT2D eigenvalue weighted by Crippen LogP contribution is -2.46. The minimum atomic E-state index is -0.433. The Kier molecular flexibility index (Phi) is 2.21. The Bertz CT molecular complexity index is 356. The first kappa shape index (κ1) is 10.4. The van der Waals surface area contributed by atoms with Crippen LogP contribution < -0.4 is 0 Å². The summed E-state index contributed by atoms with van der Waals surface area (Å²) in [5.41, 5.74) is 0.274. The Hall–Kier alpha value is -1.12. The van der Waals surface area contributed by atoms with Crippen molar-refractivity contribution in [2.24, 2.45) is 17.3 Å². The van der Waals surface area contributed by atoms with E-state index in [1.807, 2.05) is 19.9 Å². The molecule has 0 unspecified atom stereocenters. The molecule has 0 heterocycles. The van der Waals surface area contributed by atoms with Gasteiger partial charge in [0.25, 0.3) is 0 Å². The highest BCUT2D eigenvalue weighted by Crippen LogP contribution is 2.49. The number of methoxy groups -OCH3 is 1. The van der Waals surface area contributed by atoms with E-state index in [1.165, 1.54) is 7.11 Å². The molecule has 3 atom stereocenters. The van der Waals surface area contributed by atoms with Crippen LogP contribution in [0, 0.1) is 17.3 Å². The van der Waals surface area contributed by atoms with Crippen LogP contribution in [0.5, 0.6) is 0 Å². The molecule has 82 valence electrons. The van der Waals surface area contributed by atoms with Crippen LogP contribution in [0.4, 0.5) is 0 Å². The molecule has 0 aliphatic heterocycles. The summed E-state index contributed by atoms with van der Waals surface area (Å²) in [7, 11) is 1.39. The van der Waals surface area contributed by atoms with Crippen LogP contribution in [0.3, 0.4) is 0 Å². The molecule has 2 bridgehead atoms. The largest absolute Gasteiger partial charge is 0.466 e. The van der Waals surface area contributed by atoms with Crippen LogP contribution in [0.25, 0.3) is 0 Å². The molecular formula is C12H16O3. The Morgan fingerprint density at radius 1 is 1.60 bits per heavy atom. The Morgan fingerprint density at radius 3 is 2.80 bits per heavy atom. The highest BCUT2D eigenvalue weighted by atomic mass is 16.5. The van der Waals surface area contributed by atoms with Crippen LogP contribution in [0.1, 0.15) is 26.7 Å². The second-order valence-electron chi connectivity index (χ2n) is 4.81. The van der Waals surface area contributed by atoms with E-state index in [1.54, 1.807) is 0 Å². The molecule has 1 fully saturated rings. The van der Waals surface area contributed by atoms with Crippen molar-refractivity contribution in [1.29, 1.82) is 0 Å². The summed E-state index contributed by atoms with van der Waals surface area (Å²) >= 11 is 0. The fraction of sp³-hybridized carbons (Fsp3) is 0.667. The van der Waals surface area contributed by atoms with Crippen molar-refractivity contribution in [2.75, 3.05) is 7.11 Å². The summed E-state index contributed by atoms with van der Waals surface area (Å²) in [5, 5.41) is 0. The molecule has 0 aromatic carbocycles. The Balaban J connectivity index is 2.44. The predicted octanol–water partition coefficient (Wildman–Crippen LogP) is 1.72. The lowest BCUT2D eigenvalue weighted by molar-refractivity contribution is -0.140. The van der Waals surface area contributed by atoms with Crippen molar-refractivity contribution >= 4 is 11.8 Å². The van der Waals surface area contributed by atoms with E-state index in [2.05, 4.69) is 0 Å². The van der Waals surface area contributed by atoms with Gasteiger partial charge in [0, 0.05) is 22.8 Å². The molecule has 3 rings (SSSR count). The summed E-state index contributed by atoms with van der Waals surface area (Å²) in [6.45, 7) is 3.84. The van der Waals surface area contributed by atoms with E-state index in [0.717, 1.165) is 12.8 Å². The average molecular weight is 208 g/mol. The number of Topliss-reactive ketones (excluding diaryl/α,β-unsaturated/α-hetero) is 1. The lowest BCUT2D eigenvalue weighted by Gasteiger charge is -2.44. The second-order valence-corrected chi connectivity index (χ2v) is 4.81. The second kappa shape index (κ2) is 3.19. The van der Waals surface area contributed by atoms with Crippen LogP contribution in [0.15, 0.2) is 11.6 Å². The summed E-state index contributed by atoms with van der Waals surface area (Å²) in [4.78, 5) is 23.5. The van der Waals surface area contributed by atoms with E-state index in [9.17, 15) is 9.59 Å². The molecule has 0 aromatic heterocycles. The molecule has 1 saturated carbocycles. The van der Waals surface area contributed by atoms with E-state index >= 15 is 0 Å². The molecule has 3 nitrogen and oxygen atoms in total. The number of allylic oxidation sites excluding steroid dienone is 1. The fourth-order valence-electron chi connectivity index (χ4n) is 2.88. The number of hydrogen-bond donors (Lipinski definition) is 0. The van der Waals surface area contributed by atoms with Gasteiger partial charge in [0.1, 0.15) is 5.78 Å². The number of carbonyl (C=O) groups excluding carboxylic acids is 2. The average Bonchev–Trinajstić information content (AvgIpc) is 2.24. The molecule has 0 spiro atoms. The van der Waals surface area contributed by atoms with Gasteiger partial charge >= 0.3 is 5.97 Å². The van der Waals surface area contributed by atoms with Gasteiger partial charge in [-0.1, -0.05) is 13.0 Å². The maximum Gasteiger partial charge on any atom is 0.333 e. The third-order valence-electron chi connectivity index (χ3n) is 3.85. The first-order valence-corrected chi connectivity index (χ1v) is 5.35. The normalized spacial score (nSPS) is 38.9. The molecule has 0 radical (unpaired) electrons. The highest BCUT2D eigenvalue weighted by molar-refractivity contribution is 5.98. The molecule has 0 N–H and O–H groups in total. The number of ether oxygens (including phenoxy) is 1. The Labute approximate surface area is 89.5 Å². The van der Waals surface area contributed by atoms with E-state index < -0.39 is 5.41 Å². The van der Waals surface area contributed by atoms with Crippen molar-refractivity contribution in [2.45, 2.75) is 26.7 Å². The molecule has 3 aliphatic carbocycles. The van der Waals surface area contributed by atoms with Crippen molar-refractivity contribution in [1.82, 2.24) is 0 Å². The number of hydrogen-bond acceptors (Lipinski definition) is 3. The standard InChI is InChI=1S/C12H16O3/c1-7-8-4-5-12(2,10(7)13)6-9(8)11(14)15-3/h6-8H,4-5H2,1-3H3/t7-,8-,12-/m1/s1. The summed E-state index contributed by atoms with van der Waals surface area (Å²) in [6.07, 6.45) is 3.61.